The predicted molar refractivity (Wildman–Crippen MR) is 114 cm³/mol. The van der Waals surface area contributed by atoms with Crippen LogP contribution in [-0.4, -0.2) is 46.7 Å². The zero-order valence-electron chi connectivity index (χ0n) is 17.8. The fraction of sp³-hybridized carbons (Fsp3) is 0.625. The number of hydrogen-bond donors (Lipinski definition) is 3. The first kappa shape index (κ1) is 24.5. The van der Waals surface area contributed by atoms with Crippen LogP contribution in [0.25, 0.3) is 6.08 Å². The smallest absolute Gasteiger partial charge is 0.305 e. The average Bonchev–Trinajstić information content (AvgIpc) is 3.00. The first-order valence-corrected chi connectivity index (χ1v) is 11.0. The normalized spacial score (nSPS) is 25.0. The van der Waals surface area contributed by atoms with Gasteiger partial charge in [0.2, 0.25) is 0 Å². The van der Waals surface area contributed by atoms with Crippen LogP contribution in [0, 0.1) is 17.7 Å². The molecule has 0 amide bonds. The Hall–Kier alpha value is -1.76. The zero-order chi connectivity index (χ0) is 21.9. The molecule has 3 N–H and O–H groups in total. The largest absolute Gasteiger partial charge is 0.469 e. The fourth-order valence-corrected chi connectivity index (χ4v) is 4.37. The average molecular weight is 423 g/mol. The van der Waals surface area contributed by atoms with Crippen molar-refractivity contribution in [3.63, 3.8) is 0 Å². The molecule has 168 valence electrons. The summed E-state index contributed by atoms with van der Waals surface area (Å²) in [6.07, 6.45) is 7.66. The highest BCUT2D eigenvalue weighted by atomic mass is 19.1. The molecule has 1 aliphatic carbocycles. The van der Waals surface area contributed by atoms with Crippen molar-refractivity contribution in [1.82, 2.24) is 0 Å². The highest BCUT2D eigenvalue weighted by Crippen LogP contribution is 2.39. The van der Waals surface area contributed by atoms with E-state index in [0.717, 1.165) is 32.1 Å². The monoisotopic (exact) mass is 422 g/mol. The lowest BCUT2D eigenvalue weighted by Crippen LogP contribution is -2.23. The lowest BCUT2D eigenvalue weighted by atomic mass is 9.85. The Kier molecular flexibility index (Phi) is 10.5. The third-order valence-corrected chi connectivity index (χ3v) is 6.12. The Bertz CT molecular complexity index is 677. The maximum atomic E-state index is 13.7. The second kappa shape index (κ2) is 12.8. The first-order chi connectivity index (χ1) is 14.4. The maximum Gasteiger partial charge on any atom is 0.305 e. The molecule has 6 heteroatoms. The van der Waals surface area contributed by atoms with Crippen molar-refractivity contribution < 1.29 is 29.2 Å². The summed E-state index contributed by atoms with van der Waals surface area (Å²) in [5, 5.41) is 30.9. The predicted octanol–water partition coefficient (Wildman–Crippen LogP) is 3.85. The topological polar surface area (TPSA) is 87.0 Å². The highest BCUT2D eigenvalue weighted by Gasteiger charge is 2.40. The number of benzene rings is 1. The SMILES string of the molecule is COC(=O)CCCCCC[C@@H]1[C@@H](CCC(O)/C=C/c2ccccc2F)[C@H](O)C[C@@H]1O. The van der Waals surface area contributed by atoms with E-state index >= 15 is 0 Å². The van der Waals surface area contributed by atoms with Gasteiger partial charge in [0.15, 0.2) is 0 Å². The van der Waals surface area contributed by atoms with E-state index in [1.54, 1.807) is 30.4 Å². The van der Waals surface area contributed by atoms with Crippen molar-refractivity contribution >= 4 is 12.0 Å². The van der Waals surface area contributed by atoms with Gasteiger partial charge in [0.25, 0.3) is 0 Å². The first-order valence-electron chi connectivity index (χ1n) is 11.0. The second-order valence-electron chi connectivity index (χ2n) is 8.25. The van der Waals surface area contributed by atoms with Crippen LogP contribution in [-0.2, 0) is 9.53 Å². The Morgan fingerprint density at radius 2 is 1.80 bits per heavy atom. The van der Waals surface area contributed by atoms with Gasteiger partial charge in [-0.05, 0) is 50.0 Å². The minimum Gasteiger partial charge on any atom is -0.469 e. The number of ether oxygens (including phenoxy) is 1. The Morgan fingerprint density at radius 1 is 1.13 bits per heavy atom. The van der Waals surface area contributed by atoms with Gasteiger partial charge in [-0.25, -0.2) is 4.39 Å². The molecule has 0 spiro atoms. The van der Waals surface area contributed by atoms with Gasteiger partial charge in [-0.3, -0.25) is 4.79 Å². The molecule has 0 aliphatic heterocycles. The van der Waals surface area contributed by atoms with Crippen LogP contribution in [0.3, 0.4) is 0 Å². The number of carbonyl (C=O) groups excluding carboxylic acids is 1. The summed E-state index contributed by atoms with van der Waals surface area (Å²) in [5.74, 6) is -0.552. The van der Waals surface area contributed by atoms with Crippen LogP contribution in [0.2, 0.25) is 0 Å². The molecule has 2 rings (SSSR count). The lowest BCUT2D eigenvalue weighted by Gasteiger charge is -2.24. The summed E-state index contributed by atoms with van der Waals surface area (Å²) in [6, 6.07) is 6.39. The van der Waals surface area contributed by atoms with Crippen LogP contribution < -0.4 is 0 Å². The molecule has 30 heavy (non-hydrogen) atoms. The van der Waals surface area contributed by atoms with Crippen molar-refractivity contribution in [3.05, 3.63) is 41.7 Å². The van der Waals surface area contributed by atoms with Gasteiger partial charge in [0.05, 0.1) is 25.4 Å². The number of methoxy groups -OCH3 is 1. The minimum absolute atomic E-state index is 0.0170. The number of carbonyl (C=O) groups is 1. The molecule has 0 heterocycles. The number of esters is 1. The van der Waals surface area contributed by atoms with Gasteiger partial charge in [0.1, 0.15) is 5.82 Å². The van der Waals surface area contributed by atoms with Gasteiger partial charge in [-0.1, -0.05) is 49.6 Å². The number of halogens is 1. The minimum atomic E-state index is -0.728. The summed E-state index contributed by atoms with van der Waals surface area (Å²) in [6.45, 7) is 0. The van der Waals surface area contributed by atoms with E-state index in [2.05, 4.69) is 4.74 Å². The molecule has 5 nitrogen and oxygen atoms in total. The summed E-state index contributed by atoms with van der Waals surface area (Å²) in [4.78, 5) is 11.1. The number of hydrogen-bond acceptors (Lipinski definition) is 5. The molecule has 1 saturated carbocycles. The van der Waals surface area contributed by atoms with Crippen molar-refractivity contribution in [2.75, 3.05) is 7.11 Å². The number of rotatable bonds is 12. The number of unbranched alkanes of at least 4 members (excludes halogenated alkanes) is 3. The van der Waals surface area contributed by atoms with Gasteiger partial charge >= 0.3 is 5.97 Å². The second-order valence-corrected chi connectivity index (χ2v) is 8.25. The molecule has 0 saturated heterocycles. The lowest BCUT2D eigenvalue weighted by molar-refractivity contribution is -0.140. The van der Waals surface area contributed by atoms with Crippen LogP contribution in [0.4, 0.5) is 4.39 Å². The van der Waals surface area contributed by atoms with Gasteiger partial charge in [-0.15, -0.1) is 0 Å². The molecule has 1 aromatic rings. The molecule has 1 aliphatic rings. The van der Waals surface area contributed by atoms with E-state index in [-0.39, 0.29) is 23.6 Å². The number of aliphatic hydroxyl groups excluding tert-OH is 3. The Labute approximate surface area is 178 Å². The quantitative estimate of drug-likeness (QED) is 0.352. The molecule has 1 unspecified atom stereocenters. The molecule has 0 radical (unpaired) electrons. The van der Waals surface area contributed by atoms with Crippen molar-refractivity contribution in [1.29, 1.82) is 0 Å². The van der Waals surface area contributed by atoms with E-state index in [1.165, 1.54) is 13.2 Å². The van der Waals surface area contributed by atoms with E-state index < -0.39 is 18.3 Å². The molecular formula is C24H35FO5. The van der Waals surface area contributed by atoms with Gasteiger partial charge in [-0.2, -0.15) is 0 Å². The maximum absolute atomic E-state index is 13.7. The summed E-state index contributed by atoms with van der Waals surface area (Å²) < 4.78 is 18.3. The molecule has 0 bridgehead atoms. The van der Waals surface area contributed by atoms with Crippen LogP contribution in [0.1, 0.15) is 63.4 Å². The van der Waals surface area contributed by atoms with E-state index in [0.29, 0.717) is 31.2 Å². The molecule has 5 atom stereocenters. The van der Waals surface area contributed by atoms with Crippen molar-refractivity contribution in [2.45, 2.75) is 76.1 Å². The number of aliphatic hydroxyl groups is 3. The third-order valence-electron chi connectivity index (χ3n) is 6.12. The zero-order valence-corrected chi connectivity index (χ0v) is 17.8. The van der Waals surface area contributed by atoms with Crippen LogP contribution >= 0.6 is 0 Å². The summed E-state index contributed by atoms with van der Waals surface area (Å²) >= 11 is 0. The molecular weight excluding hydrogens is 387 g/mol. The van der Waals surface area contributed by atoms with E-state index in [4.69, 9.17) is 0 Å². The van der Waals surface area contributed by atoms with Crippen molar-refractivity contribution in [2.24, 2.45) is 11.8 Å². The standard InChI is InChI=1S/C24H35FO5/c1-30-24(29)11-5-3-2-4-9-19-20(23(28)16-22(19)27)15-14-18(26)13-12-17-8-6-7-10-21(17)25/h6-8,10,12-13,18-20,22-23,26-28H,2-5,9,11,14-16H2,1H3/b13-12+/t18?,19-,20-,22+,23-/m1/s1. The summed E-state index contributed by atoms with van der Waals surface area (Å²) in [7, 11) is 1.39. The van der Waals surface area contributed by atoms with Crippen LogP contribution in [0.15, 0.2) is 30.3 Å². The summed E-state index contributed by atoms with van der Waals surface area (Å²) in [5.41, 5.74) is 0.429. The van der Waals surface area contributed by atoms with Gasteiger partial charge in [0, 0.05) is 12.0 Å². The third kappa shape index (κ3) is 7.82. The van der Waals surface area contributed by atoms with Gasteiger partial charge < -0.3 is 20.1 Å². The fourth-order valence-electron chi connectivity index (χ4n) is 4.37. The molecule has 1 aromatic carbocycles. The van der Waals surface area contributed by atoms with Crippen LogP contribution in [0.5, 0.6) is 0 Å². The molecule has 1 fully saturated rings. The molecule has 0 aromatic heterocycles. The van der Waals surface area contributed by atoms with E-state index in [1.807, 2.05) is 0 Å². The Morgan fingerprint density at radius 3 is 2.50 bits per heavy atom. The highest BCUT2D eigenvalue weighted by molar-refractivity contribution is 5.68. The van der Waals surface area contributed by atoms with Crippen molar-refractivity contribution in [3.8, 4) is 0 Å². The Balaban J connectivity index is 1.75. The van der Waals surface area contributed by atoms with E-state index in [9.17, 15) is 24.5 Å².